The van der Waals surface area contributed by atoms with Crippen LogP contribution in [0, 0.1) is 6.92 Å². The Labute approximate surface area is 137 Å². The van der Waals surface area contributed by atoms with E-state index >= 15 is 0 Å². The fourth-order valence-electron chi connectivity index (χ4n) is 1.84. The Morgan fingerprint density at radius 2 is 2.00 bits per heavy atom. The van der Waals surface area contributed by atoms with Crippen molar-refractivity contribution in [1.29, 1.82) is 0 Å². The molecule has 1 aromatic heterocycles. The summed E-state index contributed by atoms with van der Waals surface area (Å²) in [6.45, 7) is 3.72. The number of nitrogens with one attached hydrogen (secondary N) is 1. The van der Waals surface area contributed by atoms with Crippen molar-refractivity contribution in [2.75, 3.05) is 24.3 Å². The maximum Gasteiger partial charge on any atom is 0.343 e. The van der Waals surface area contributed by atoms with Crippen molar-refractivity contribution in [2.24, 2.45) is 0 Å². The number of hydrogen-bond acceptors (Lipinski definition) is 7. The Balaban J connectivity index is 1.86. The van der Waals surface area contributed by atoms with E-state index in [0.29, 0.717) is 23.7 Å². The van der Waals surface area contributed by atoms with Gasteiger partial charge >= 0.3 is 5.97 Å². The second kappa shape index (κ2) is 7.59. The number of nitrogens with two attached hydrogens (primary N) is 1. The van der Waals surface area contributed by atoms with Crippen LogP contribution in [0.25, 0.3) is 0 Å². The van der Waals surface area contributed by atoms with Crippen molar-refractivity contribution in [3.63, 3.8) is 0 Å². The summed E-state index contributed by atoms with van der Waals surface area (Å²) in [5.41, 5.74) is 6.94. The number of nitrogen functional groups attached to an aromatic ring is 1. The number of anilines is 2. The highest BCUT2D eigenvalue weighted by atomic mass is 32.1. The van der Waals surface area contributed by atoms with Gasteiger partial charge in [0, 0.05) is 5.69 Å². The van der Waals surface area contributed by atoms with Crippen molar-refractivity contribution < 1.29 is 19.1 Å². The molecule has 2 aromatic rings. The molecular formula is C15H17N3O4S. The van der Waals surface area contributed by atoms with Crippen LogP contribution < -0.4 is 15.8 Å². The van der Waals surface area contributed by atoms with Crippen LogP contribution in [0.15, 0.2) is 24.3 Å². The number of carbonyl (C=O) groups excluding carboxylic acids is 2. The van der Waals surface area contributed by atoms with E-state index in [0.717, 1.165) is 11.5 Å². The third-order valence-electron chi connectivity index (χ3n) is 2.88. The number of ether oxygens (including phenoxy) is 2. The van der Waals surface area contributed by atoms with Crippen LogP contribution in [0.3, 0.4) is 0 Å². The molecule has 0 bridgehead atoms. The normalized spacial score (nSPS) is 10.2. The fraction of sp³-hybridized carbons (Fsp3) is 0.267. The van der Waals surface area contributed by atoms with Gasteiger partial charge in [0.1, 0.15) is 16.3 Å². The highest BCUT2D eigenvalue weighted by molar-refractivity contribution is 7.10. The van der Waals surface area contributed by atoms with E-state index in [2.05, 4.69) is 9.69 Å². The number of carbonyl (C=O) groups is 2. The molecule has 23 heavy (non-hydrogen) atoms. The lowest BCUT2D eigenvalue weighted by Crippen LogP contribution is -2.21. The number of nitrogens with zero attached hydrogens (tertiary/aromatic N) is 1. The third-order valence-corrected chi connectivity index (χ3v) is 3.64. The molecule has 1 aromatic carbocycles. The number of aryl methyl sites for hydroxylation is 1. The van der Waals surface area contributed by atoms with E-state index in [1.807, 2.05) is 6.92 Å². The molecule has 8 heteroatoms. The molecule has 0 radical (unpaired) electrons. The average molecular weight is 335 g/mol. The van der Waals surface area contributed by atoms with E-state index in [1.54, 1.807) is 31.2 Å². The molecule has 1 heterocycles. The lowest BCUT2D eigenvalue weighted by atomic mass is 10.2. The summed E-state index contributed by atoms with van der Waals surface area (Å²) >= 11 is 1.02. The molecule has 0 saturated heterocycles. The van der Waals surface area contributed by atoms with Gasteiger partial charge in [0.05, 0.1) is 12.3 Å². The van der Waals surface area contributed by atoms with E-state index in [4.69, 9.17) is 15.2 Å². The first-order chi connectivity index (χ1) is 11.0. The quantitative estimate of drug-likeness (QED) is 0.785. The molecule has 0 saturated carbocycles. The maximum atomic E-state index is 11.9. The Morgan fingerprint density at radius 1 is 1.30 bits per heavy atom. The van der Waals surface area contributed by atoms with Gasteiger partial charge in [-0.2, -0.15) is 4.37 Å². The third kappa shape index (κ3) is 4.43. The summed E-state index contributed by atoms with van der Waals surface area (Å²) in [7, 11) is 0. The van der Waals surface area contributed by atoms with Crippen LogP contribution in [0.4, 0.5) is 10.7 Å². The number of hydrogen-bond donors (Lipinski definition) is 2. The lowest BCUT2D eigenvalue weighted by molar-refractivity contribution is -0.119. The number of rotatable bonds is 6. The molecule has 0 atom stereocenters. The maximum absolute atomic E-state index is 11.9. The molecule has 0 unspecified atom stereocenters. The molecule has 0 aliphatic carbocycles. The van der Waals surface area contributed by atoms with E-state index < -0.39 is 18.5 Å². The van der Waals surface area contributed by atoms with Gasteiger partial charge in [0.25, 0.3) is 5.91 Å². The van der Waals surface area contributed by atoms with Gasteiger partial charge in [-0.05, 0) is 49.6 Å². The van der Waals surface area contributed by atoms with Gasteiger partial charge in [-0.1, -0.05) is 0 Å². The van der Waals surface area contributed by atoms with Crippen molar-refractivity contribution in [3.05, 3.63) is 35.5 Å². The summed E-state index contributed by atoms with van der Waals surface area (Å²) in [4.78, 5) is 23.7. The van der Waals surface area contributed by atoms with E-state index in [9.17, 15) is 9.59 Å². The molecule has 7 nitrogen and oxygen atoms in total. The molecule has 0 spiro atoms. The van der Waals surface area contributed by atoms with Gasteiger partial charge in [-0.15, -0.1) is 0 Å². The summed E-state index contributed by atoms with van der Waals surface area (Å²) in [5, 5.41) is 2.90. The minimum atomic E-state index is -0.657. The fourth-order valence-corrected chi connectivity index (χ4v) is 2.49. The summed E-state index contributed by atoms with van der Waals surface area (Å²) < 4.78 is 14.2. The van der Waals surface area contributed by atoms with Crippen LogP contribution in [0.2, 0.25) is 0 Å². The predicted molar refractivity (Wildman–Crippen MR) is 87.8 cm³/mol. The van der Waals surface area contributed by atoms with Gasteiger partial charge in [0.15, 0.2) is 6.61 Å². The summed E-state index contributed by atoms with van der Waals surface area (Å²) in [6, 6.07) is 6.89. The van der Waals surface area contributed by atoms with Crippen LogP contribution in [0.5, 0.6) is 5.75 Å². The number of esters is 1. The molecule has 0 fully saturated rings. The molecule has 1 amide bonds. The van der Waals surface area contributed by atoms with Gasteiger partial charge in [-0.3, -0.25) is 4.79 Å². The second-order valence-electron chi connectivity index (χ2n) is 4.59. The van der Waals surface area contributed by atoms with Crippen LogP contribution in [-0.2, 0) is 9.53 Å². The predicted octanol–water partition coefficient (Wildman–Crippen LogP) is 2.23. The van der Waals surface area contributed by atoms with Crippen molar-refractivity contribution in [3.8, 4) is 5.75 Å². The van der Waals surface area contributed by atoms with Gasteiger partial charge < -0.3 is 20.5 Å². The van der Waals surface area contributed by atoms with Gasteiger partial charge in [0.2, 0.25) is 0 Å². The Kier molecular flexibility index (Phi) is 5.53. The minimum absolute atomic E-state index is 0.212. The first kappa shape index (κ1) is 16.8. The van der Waals surface area contributed by atoms with E-state index in [-0.39, 0.29) is 10.6 Å². The molecule has 3 N–H and O–H groups in total. The van der Waals surface area contributed by atoms with Crippen LogP contribution in [0.1, 0.15) is 23.0 Å². The van der Waals surface area contributed by atoms with Crippen molar-refractivity contribution >= 4 is 34.1 Å². The summed E-state index contributed by atoms with van der Waals surface area (Å²) in [5.74, 6) is -0.384. The zero-order valence-electron chi connectivity index (χ0n) is 12.8. The first-order valence-corrected chi connectivity index (χ1v) is 7.70. The average Bonchev–Trinajstić information content (AvgIpc) is 2.86. The molecule has 122 valence electrons. The topological polar surface area (TPSA) is 104 Å². The molecular weight excluding hydrogens is 318 g/mol. The second-order valence-corrected chi connectivity index (χ2v) is 5.39. The smallest absolute Gasteiger partial charge is 0.343 e. The standard InChI is InChI=1S/C15H17N3O4S/c1-3-21-11-6-4-10(5-7-11)17-12(19)8-22-15(20)13-9(2)18-23-14(13)16/h4-7H,3,8,16H2,1-2H3,(H,17,19). The zero-order valence-corrected chi connectivity index (χ0v) is 13.6. The molecule has 0 aliphatic heterocycles. The summed E-state index contributed by atoms with van der Waals surface area (Å²) in [6.07, 6.45) is 0. The lowest BCUT2D eigenvalue weighted by Gasteiger charge is -2.08. The van der Waals surface area contributed by atoms with Crippen molar-refractivity contribution in [2.45, 2.75) is 13.8 Å². The van der Waals surface area contributed by atoms with Crippen LogP contribution >= 0.6 is 11.5 Å². The Bertz CT molecular complexity index is 678. The number of aromatic nitrogens is 1. The number of benzene rings is 1. The monoisotopic (exact) mass is 335 g/mol. The zero-order chi connectivity index (χ0) is 16.8. The van der Waals surface area contributed by atoms with E-state index in [1.165, 1.54) is 0 Å². The van der Waals surface area contributed by atoms with Crippen molar-refractivity contribution in [1.82, 2.24) is 4.37 Å². The van der Waals surface area contributed by atoms with Gasteiger partial charge in [-0.25, -0.2) is 4.79 Å². The van der Waals surface area contributed by atoms with Crippen LogP contribution in [-0.4, -0.2) is 29.5 Å². The molecule has 2 rings (SSSR count). The largest absolute Gasteiger partial charge is 0.494 e. The highest BCUT2D eigenvalue weighted by Gasteiger charge is 2.19. The SMILES string of the molecule is CCOc1ccc(NC(=O)COC(=O)c2c(C)nsc2N)cc1. The Morgan fingerprint density at radius 3 is 2.57 bits per heavy atom. The Hall–Kier alpha value is -2.61. The minimum Gasteiger partial charge on any atom is -0.494 e. The highest BCUT2D eigenvalue weighted by Crippen LogP contribution is 2.21. The first-order valence-electron chi connectivity index (χ1n) is 6.92. The molecule has 0 aliphatic rings. The number of amides is 1.